The van der Waals surface area contributed by atoms with Gasteiger partial charge >= 0.3 is 0 Å². The van der Waals surface area contributed by atoms with E-state index in [1.165, 1.54) is 11.3 Å². The van der Waals surface area contributed by atoms with Crippen molar-refractivity contribution in [2.24, 2.45) is 0 Å². The molecule has 0 saturated carbocycles. The lowest BCUT2D eigenvalue weighted by Crippen LogP contribution is -2.39. The van der Waals surface area contributed by atoms with Crippen LogP contribution >= 0.6 is 23.7 Å². The van der Waals surface area contributed by atoms with Crippen LogP contribution in [0.1, 0.15) is 31.1 Å². The molecule has 6 nitrogen and oxygen atoms in total. The highest BCUT2D eigenvalue weighted by molar-refractivity contribution is 7.22. The molecule has 0 fully saturated rings. The molecule has 0 spiro atoms. The number of hydrogen-bond donors (Lipinski definition) is 0. The normalized spacial score (nSPS) is 10.8. The van der Waals surface area contributed by atoms with Gasteiger partial charge in [0.25, 0.3) is 5.91 Å². The lowest BCUT2D eigenvalue weighted by Gasteiger charge is -2.25. The third-order valence-electron chi connectivity index (χ3n) is 5.76. The van der Waals surface area contributed by atoms with Crippen molar-refractivity contribution in [1.29, 1.82) is 0 Å². The van der Waals surface area contributed by atoms with Gasteiger partial charge in [-0.1, -0.05) is 55.5 Å². The van der Waals surface area contributed by atoms with Crippen molar-refractivity contribution in [3.8, 4) is 17.2 Å². The Bertz CT molecular complexity index is 1260. The Kier molecular flexibility index (Phi) is 10.1. The van der Waals surface area contributed by atoms with Crippen molar-refractivity contribution in [3.63, 3.8) is 0 Å². The molecule has 0 radical (unpaired) electrons. The van der Waals surface area contributed by atoms with Crippen molar-refractivity contribution in [3.05, 3.63) is 78.4 Å². The van der Waals surface area contributed by atoms with E-state index in [-0.39, 0.29) is 18.3 Å². The minimum absolute atomic E-state index is 0. The maximum atomic E-state index is 14.0. The average Bonchev–Trinajstić information content (AvgIpc) is 3.30. The average molecular weight is 526 g/mol. The zero-order valence-electron chi connectivity index (χ0n) is 20.8. The molecule has 0 aliphatic carbocycles. The number of rotatable bonds is 11. The van der Waals surface area contributed by atoms with Crippen LogP contribution in [-0.2, 0) is 0 Å². The van der Waals surface area contributed by atoms with Gasteiger partial charge in [0.2, 0.25) is 0 Å². The monoisotopic (exact) mass is 525 g/mol. The van der Waals surface area contributed by atoms with Gasteiger partial charge in [0.05, 0.1) is 22.4 Å². The molecule has 0 N–H and O–H groups in total. The SMILES string of the molecule is CCOc1ccc2nc(N(CCN(CC)CC)C(=O)c3ccccc3Oc3ccccc3)sc2c1.Cl. The van der Waals surface area contributed by atoms with E-state index in [2.05, 4.69) is 18.7 Å². The fraction of sp³-hybridized carbons (Fsp3) is 0.286. The van der Waals surface area contributed by atoms with E-state index < -0.39 is 0 Å². The number of ether oxygens (including phenoxy) is 2. The van der Waals surface area contributed by atoms with Crippen LogP contribution in [0.4, 0.5) is 5.13 Å². The van der Waals surface area contributed by atoms with Crippen LogP contribution in [0.25, 0.3) is 10.2 Å². The maximum Gasteiger partial charge on any atom is 0.263 e. The Morgan fingerprint density at radius 1 is 0.889 bits per heavy atom. The Balaban J connectivity index is 0.00000361. The van der Waals surface area contributed by atoms with Crippen molar-refractivity contribution >= 4 is 45.0 Å². The number of nitrogens with zero attached hydrogens (tertiary/aromatic N) is 3. The first-order valence-corrected chi connectivity index (χ1v) is 12.8. The van der Waals surface area contributed by atoms with Gasteiger partial charge in [0, 0.05) is 13.1 Å². The predicted octanol–water partition coefficient (Wildman–Crippen LogP) is 6.90. The van der Waals surface area contributed by atoms with Gasteiger partial charge in [-0.3, -0.25) is 9.69 Å². The minimum Gasteiger partial charge on any atom is -0.494 e. The molecule has 0 saturated heterocycles. The highest BCUT2D eigenvalue weighted by Crippen LogP contribution is 2.34. The number of anilines is 1. The molecular weight excluding hydrogens is 494 g/mol. The second-order valence-corrected chi connectivity index (χ2v) is 8.96. The second kappa shape index (κ2) is 13.3. The lowest BCUT2D eigenvalue weighted by atomic mass is 10.1. The van der Waals surface area contributed by atoms with Crippen molar-refractivity contribution < 1.29 is 14.3 Å². The number of para-hydroxylation sites is 2. The van der Waals surface area contributed by atoms with E-state index in [1.807, 2.05) is 79.7 Å². The van der Waals surface area contributed by atoms with Crippen LogP contribution in [0.3, 0.4) is 0 Å². The van der Waals surface area contributed by atoms with Gasteiger partial charge in [0.1, 0.15) is 17.2 Å². The highest BCUT2D eigenvalue weighted by atomic mass is 35.5. The third-order valence-corrected chi connectivity index (χ3v) is 6.80. The largest absolute Gasteiger partial charge is 0.494 e. The van der Waals surface area contributed by atoms with Crippen LogP contribution < -0.4 is 14.4 Å². The van der Waals surface area contributed by atoms with E-state index in [0.717, 1.165) is 35.6 Å². The van der Waals surface area contributed by atoms with Gasteiger partial charge in [-0.25, -0.2) is 4.98 Å². The smallest absolute Gasteiger partial charge is 0.263 e. The Morgan fingerprint density at radius 2 is 1.61 bits per heavy atom. The quantitative estimate of drug-likeness (QED) is 0.213. The summed E-state index contributed by atoms with van der Waals surface area (Å²) in [6.07, 6.45) is 0. The number of carbonyl (C=O) groups excluding carboxylic acids is 1. The summed E-state index contributed by atoms with van der Waals surface area (Å²) >= 11 is 1.50. The van der Waals surface area contributed by atoms with Crippen molar-refractivity contribution in [2.75, 3.05) is 37.7 Å². The number of carbonyl (C=O) groups is 1. The zero-order valence-corrected chi connectivity index (χ0v) is 22.5. The summed E-state index contributed by atoms with van der Waals surface area (Å²) in [6, 6.07) is 22.7. The molecular formula is C28H32ClN3O3S. The summed E-state index contributed by atoms with van der Waals surface area (Å²) in [5.74, 6) is 1.88. The molecule has 0 atom stereocenters. The first-order valence-electron chi connectivity index (χ1n) is 12.0. The maximum absolute atomic E-state index is 14.0. The van der Waals surface area contributed by atoms with Gasteiger partial charge in [-0.15, -0.1) is 12.4 Å². The summed E-state index contributed by atoms with van der Waals surface area (Å²) in [6.45, 7) is 9.94. The predicted molar refractivity (Wildman–Crippen MR) is 150 cm³/mol. The van der Waals surface area contributed by atoms with Gasteiger partial charge < -0.3 is 14.4 Å². The number of fused-ring (bicyclic) bond motifs is 1. The second-order valence-electron chi connectivity index (χ2n) is 7.95. The first kappa shape index (κ1) is 27.5. The van der Waals surface area contributed by atoms with Crippen LogP contribution in [0.2, 0.25) is 0 Å². The standard InChI is InChI=1S/C28H31N3O3S.ClH/c1-4-30(5-2)18-19-31(28-29-24-17-16-22(33-6-3)20-26(24)35-28)27(32)23-14-10-11-15-25(23)34-21-12-8-7-9-13-21;/h7-17,20H,4-6,18-19H2,1-3H3;1H. The molecule has 0 unspecified atom stereocenters. The molecule has 190 valence electrons. The fourth-order valence-electron chi connectivity index (χ4n) is 3.82. The number of halogens is 1. The zero-order chi connectivity index (χ0) is 24.6. The van der Waals surface area contributed by atoms with Crippen LogP contribution in [0.15, 0.2) is 72.8 Å². The van der Waals surface area contributed by atoms with Crippen LogP contribution in [0.5, 0.6) is 17.2 Å². The highest BCUT2D eigenvalue weighted by Gasteiger charge is 2.25. The van der Waals surface area contributed by atoms with Crippen LogP contribution in [0, 0.1) is 0 Å². The van der Waals surface area contributed by atoms with Crippen LogP contribution in [-0.4, -0.2) is 48.6 Å². The number of hydrogen-bond acceptors (Lipinski definition) is 6. The third kappa shape index (κ3) is 6.55. The van der Waals surface area contributed by atoms with E-state index in [1.54, 1.807) is 4.90 Å². The van der Waals surface area contributed by atoms with Gasteiger partial charge in [-0.05, 0) is 62.5 Å². The summed E-state index contributed by atoms with van der Waals surface area (Å²) < 4.78 is 12.7. The van der Waals surface area contributed by atoms with Gasteiger partial charge in [0.15, 0.2) is 5.13 Å². The van der Waals surface area contributed by atoms with E-state index in [9.17, 15) is 4.79 Å². The number of amides is 1. The van der Waals surface area contributed by atoms with Gasteiger partial charge in [-0.2, -0.15) is 0 Å². The summed E-state index contributed by atoms with van der Waals surface area (Å²) in [5.41, 5.74) is 1.35. The molecule has 4 aromatic rings. The molecule has 1 heterocycles. The minimum atomic E-state index is -0.132. The number of thiazole rings is 1. The first-order chi connectivity index (χ1) is 17.1. The molecule has 1 aromatic heterocycles. The summed E-state index contributed by atoms with van der Waals surface area (Å²) in [7, 11) is 0. The molecule has 3 aromatic carbocycles. The molecule has 0 aliphatic heterocycles. The number of aromatic nitrogens is 1. The number of benzene rings is 3. The topological polar surface area (TPSA) is 54.9 Å². The molecule has 4 rings (SSSR count). The summed E-state index contributed by atoms with van der Waals surface area (Å²) in [5, 5.41) is 0.667. The van der Waals surface area contributed by atoms with Crippen molar-refractivity contribution in [1.82, 2.24) is 9.88 Å². The Morgan fingerprint density at radius 3 is 2.33 bits per heavy atom. The van der Waals surface area contributed by atoms with E-state index in [4.69, 9.17) is 14.5 Å². The van der Waals surface area contributed by atoms with E-state index in [0.29, 0.717) is 35.3 Å². The molecule has 36 heavy (non-hydrogen) atoms. The number of likely N-dealkylation sites (N-methyl/N-ethyl adjacent to an activating group) is 1. The fourth-order valence-corrected chi connectivity index (χ4v) is 4.84. The summed E-state index contributed by atoms with van der Waals surface area (Å²) in [4.78, 5) is 22.8. The lowest BCUT2D eigenvalue weighted by molar-refractivity contribution is 0.0981. The Hall–Kier alpha value is -3.13. The van der Waals surface area contributed by atoms with E-state index >= 15 is 0 Å². The Labute approximate surface area is 222 Å². The molecule has 1 amide bonds. The molecule has 0 aliphatic rings. The van der Waals surface area contributed by atoms with Crippen molar-refractivity contribution in [2.45, 2.75) is 20.8 Å². The molecule has 0 bridgehead atoms. The molecule has 8 heteroatoms.